The third-order valence-electron chi connectivity index (χ3n) is 3.81. The molecule has 17 heavy (non-hydrogen) atoms. The van der Waals surface area contributed by atoms with Gasteiger partial charge < -0.3 is 5.73 Å². The molecule has 2 unspecified atom stereocenters. The van der Waals surface area contributed by atoms with Gasteiger partial charge in [0.2, 0.25) is 0 Å². The third kappa shape index (κ3) is 3.19. The number of hydrogen-bond donors (Lipinski definition) is 1. The van der Waals surface area contributed by atoms with E-state index in [1.54, 1.807) is 0 Å². The van der Waals surface area contributed by atoms with Gasteiger partial charge in [-0.25, -0.2) is 0 Å². The number of rotatable bonds is 3. The Hall–Kier alpha value is -0.630. The summed E-state index contributed by atoms with van der Waals surface area (Å²) in [5.41, 5.74) is 8.31. The molecule has 1 aromatic carbocycles. The van der Waals surface area contributed by atoms with E-state index in [1.165, 1.54) is 42.6 Å². The van der Waals surface area contributed by atoms with Gasteiger partial charge in [0.1, 0.15) is 0 Å². The fraction of sp³-hybridized carbons (Fsp3) is 0.600. The van der Waals surface area contributed by atoms with E-state index in [-0.39, 0.29) is 0 Å². The Morgan fingerprint density at radius 1 is 1.29 bits per heavy atom. The predicted octanol–water partition coefficient (Wildman–Crippen LogP) is 4.64. The number of nitrogens with two attached hydrogens (primary N) is 1. The molecule has 0 bridgehead atoms. The normalized spacial score (nSPS) is 24.8. The van der Waals surface area contributed by atoms with Gasteiger partial charge in [-0.15, -0.1) is 11.8 Å². The van der Waals surface area contributed by atoms with Crippen LogP contribution < -0.4 is 5.73 Å². The molecule has 1 aliphatic rings. The Balaban J connectivity index is 2.08. The van der Waals surface area contributed by atoms with Crippen LogP contribution in [-0.4, -0.2) is 5.25 Å². The molecule has 1 saturated carbocycles. The number of hydrogen-bond acceptors (Lipinski definition) is 2. The van der Waals surface area contributed by atoms with Gasteiger partial charge in [-0.2, -0.15) is 0 Å². The molecule has 2 heteroatoms. The molecule has 1 aliphatic carbocycles. The van der Waals surface area contributed by atoms with Crippen molar-refractivity contribution in [3.8, 4) is 0 Å². The molecule has 1 fully saturated rings. The molecule has 2 N–H and O–H groups in total. The Morgan fingerprint density at radius 3 is 2.76 bits per heavy atom. The van der Waals surface area contributed by atoms with E-state index in [0.29, 0.717) is 0 Å². The minimum atomic E-state index is 0.777. The van der Waals surface area contributed by atoms with Crippen molar-refractivity contribution >= 4 is 17.4 Å². The lowest BCUT2D eigenvalue weighted by molar-refractivity contribution is 0.361. The van der Waals surface area contributed by atoms with Crippen LogP contribution >= 0.6 is 11.8 Å². The third-order valence-corrected chi connectivity index (χ3v) is 5.36. The molecule has 0 aliphatic heterocycles. The minimum absolute atomic E-state index is 0.777. The van der Waals surface area contributed by atoms with Crippen LogP contribution in [0.1, 0.15) is 44.6 Å². The highest BCUT2D eigenvalue weighted by atomic mass is 32.2. The number of thioether (sulfide) groups is 1. The number of anilines is 1. The molecule has 0 spiro atoms. The number of aryl methyl sites for hydroxylation is 1. The van der Waals surface area contributed by atoms with E-state index in [1.807, 2.05) is 11.8 Å². The zero-order valence-electron chi connectivity index (χ0n) is 10.9. The molecule has 0 aromatic heterocycles. The SMILES string of the molecule is CCC1CCCCC1Sc1ccc(C)cc1N. The lowest BCUT2D eigenvalue weighted by Crippen LogP contribution is -2.21. The molecule has 94 valence electrons. The van der Waals surface area contributed by atoms with Crippen LogP contribution in [0.25, 0.3) is 0 Å². The van der Waals surface area contributed by atoms with E-state index in [4.69, 9.17) is 5.73 Å². The minimum Gasteiger partial charge on any atom is -0.398 e. The number of benzene rings is 1. The van der Waals surface area contributed by atoms with E-state index < -0.39 is 0 Å². The zero-order chi connectivity index (χ0) is 12.3. The van der Waals surface area contributed by atoms with Crippen molar-refractivity contribution in [2.75, 3.05) is 5.73 Å². The van der Waals surface area contributed by atoms with Crippen molar-refractivity contribution in [1.29, 1.82) is 0 Å². The molecule has 0 radical (unpaired) electrons. The summed E-state index contributed by atoms with van der Waals surface area (Å²) in [4.78, 5) is 1.28. The van der Waals surface area contributed by atoms with Crippen molar-refractivity contribution in [3.05, 3.63) is 23.8 Å². The highest BCUT2D eigenvalue weighted by Crippen LogP contribution is 2.40. The molecule has 2 rings (SSSR count). The van der Waals surface area contributed by atoms with Crippen LogP contribution in [0, 0.1) is 12.8 Å². The topological polar surface area (TPSA) is 26.0 Å². The summed E-state index contributed by atoms with van der Waals surface area (Å²) in [5.74, 6) is 0.884. The summed E-state index contributed by atoms with van der Waals surface area (Å²) >= 11 is 2.01. The van der Waals surface area contributed by atoms with Crippen molar-refractivity contribution in [2.24, 2.45) is 5.92 Å². The summed E-state index contributed by atoms with van der Waals surface area (Å²) in [6.45, 7) is 4.42. The largest absolute Gasteiger partial charge is 0.398 e. The van der Waals surface area contributed by atoms with Crippen LogP contribution in [0.15, 0.2) is 23.1 Å². The molecule has 0 heterocycles. The molecular weight excluding hydrogens is 226 g/mol. The highest BCUT2D eigenvalue weighted by molar-refractivity contribution is 8.00. The van der Waals surface area contributed by atoms with E-state index in [9.17, 15) is 0 Å². The smallest absolute Gasteiger partial charge is 0.0454 e. The molecule has 1 nitrogen and oxygen atoms in total. The molecule has 0 amide bonds. The van der Waals surface area contributed by atoms with Gasteiger partial charge in [-0.05, 0) is 43.4 Å². The lowest BCUT2D eigenvalue weighted by Gasteiger charge is -2.30. The summed E-state index contributed by atoms with van der Waals surface area (Å²) in [7, 11) is 0. The monoisotopic (exact) mass is 249 g/mol. The van der Waals surface area contributed by atoms with Crippen molar-refractivity contribution < 1.29 is 0 Å². The van der Waals surface area contributed by atoms with Crippen LogP contribution in [0.4, 0.5) is 5.69 Å². The maximum Gasteiger partial charge on any atom is 0.0454 e. The Bertz CT molecular complexity index is 375. The first kappa shape index (κ1) is 12.8. The highest BCUT2D eigenvalue weighted by Gasteiger charge is 2.24. The quantitative estimate of drug-likeness (QED) is 0.790. The summed E-state index contributed by atoms with van der Waals surface area (Å²) in [6, 6.07) is 6.45. The number of nitrogen functional groups attached to an aromatic ring is 1. The maximum absolute atomic E-state index is 6.10. The average molecular weight is 249 g/mol. The Labute approximate surface area is 109 Å². The van der Waals surface area contributed by atoms with Crippen molar-refractivity contribution in [2.45, 2.75) is 56.1 Å². The Kier molecular flexibility index (Phi) is 4.38. The van der Waals surface area contributed by atoms with Crippen LogP contribution in [0.2, 0.25) is 0 Å². The first-order chi connectivity index (χ1) is 8.20. The van der Waals surface area contributed by atoms with Gasteiger partial charge in [0.25, 0.3) is 0 Å². The van der Waals surface area contributed by atoms with Crippen molar-refractivity contribution in [1.82, 2.24) is 0 Å². The van der Waals surface area contributed by atoms with Gasteiger partial charge in [0.15, 0.2) is 0 Å². The molecule has 2 atom stereocenters. The van der Waals surface area contributed by atoms with E-state index in [0.717, 1.165) is 16.9 Å². The summed E-state index contributed by atoms with van der Waals surface area (Å²) in [6.07, 6.45) is 6.87. The Morgan fingerprint density at radius 2 is 2.06 bits per heavy atom. The second-order valence-electron chi connectivity index (χ2n) is 5.15. The van der Waals surface area contributed by atoms with Gasteiger partial charge in [0.05, 0.1) is 0 Å². The second-order valence-corrected chi connectivity index (χ2v) is 6.43. The zero-order valence-corrected chi connectivity index (χ0v) is 11.7. The fourth-order valence-corrected chi connectivity index (χ4v) is 4.21. The fourth-order valence-electron chi connectivity index (χ4n) is 2.73. The van der Waals surface area contributed by atoms with E-state index in [2.05, 4.69) is 32.0 Å². The summed E-state index contributed by atoms with van der Waals surface area (Å²) in [5, 5.41) is 0.777. The lowest BCUT2D eigenvalue weighted by atomic mass is 9.87. The van der Waals surface area contributed by atoms with Gasteiger partial charge in [0, 0.05) is 15.8 Å². The summed E-state index contributed by atoms with van der Waals surface area (Å²) < 4.78 is 0. The van der Waals surface area contributed by atoms with Gasteiger partial charge >= 0.3 is 0 Å². The van der Waals surface area contributed by atoms with Gasteiger partial charge in [-0.3, -0.25) is 0 Å². The molecular formula is C15H23NS. The average Bonchev–Trinajstić information content (AvgIpc) is 2.33. The van der Waals surface area contributed by atoms with Crippen LogP contribution in [-0.2, 0) is 0 Å². The predicted molar refractivity (Wildman–Crippen MR) is 77.5 cm³/mol. The molecule has 0 saturated heterocycles. The van der Waals surface area contributed by atoms with Crippen LogP contribution in [0.5, 0.6) is 0 Å². The second kappa shape index (κ2) is 5.81. The first-order valence-electron chi connectivity index (χ1n) is 6.73. The maximum atomic E-state index is 6.10. The van der Waals surface area contributed by atoms with E-state index >= 15 is 0 Å². The standard InChI is InChI=1S/C15H23NS/c1-3-12-6-4-5-7-14(12)17-15-9-8-11(2)10-13(15)16/h8-10,12,14H,3-7,16H2,1-2H3. The van der Waals surface area contributed by atoms with Crippen LogP contribution in [0.3, 0.4) is 0 Å². The van der Waals surface area contributed by atoms with Crippen molar-refractivity contribution in [3.63, 3.8) is 0 Å². The van der Waals surface area contributed by atoms with Gasteiger partial charge in [-0.1, -0.05) is 32.3 Å². The first-order valence-corrected chi connectivity index (χ1v) is 7.61. The molecule has 1 aromatic rings.